The van der Waals surface area contributed by atoms with E-state index in [2.05, 4.69) is 35.9 Å². The summed E-state index contributed by atoms with van der Waals surface area (Å²) in [4.78, 5) is 18.9. The zero-order valence-electron chi connectivity index (χ0n) is 11.2. The monoisotopic (exact) mass is 274 g/mol. The fourth-order valence-electron chi connectivity index (χ4n) is 1.88. The molecule has 1 unspecified atom stereocenters. The Morgan fingerprint density at radius 2 is 2.05 bits per heavy atom. The van der Waals surface area contributed by atoms with E-state index in [0.717, 1.165) is 18.5 Å². The van der Waals surface area contributed by atoms with E-state index in [-0.39, 0.29) is 10.8 Å². The number of aryl methyl sites for hydroxylation is 1. The van der Waals surface area contributed by atoms with Crippen LogP contribution in [0.3, 0.4) is 0 Å². The second-order valence-corrected chi connectivity index (χ2v) is 5.79. The molecule has 1 heterocycles. The first-order valence-electron chi connectivity index (χ1n) is 6.51. The first-order valence-corrected chi connectivity index (χ1v) is 7.39. The van der Waals surface area contributed by atoms with Gasteiger partial charge in [-0.3, -0.25) is 4.79 Å². The fourth-order valence-corrected chi connectivity index (χ4v) is 2.84. The highest BCUT2D eigenvalue weighted by Crippen LogP contribution is 2.31. The molecule has 0 aliphatic rings. The average Bonchev–Trinajstić information content (AvgIpc) is 2.39. The maximum atomic E-state index is 11.6. The van der Waals surface area contributed by atoms with E-state index < -0.39 is 0 Å². The van der Waals surface area contributed by atoms with Gasteiger partial charge >= 0.3 is 0 Å². The number of nitrogens with zero attached hydrogens (tertiary/aromatic N) is 1. The van der Waals surface area contributed by atoms with Crippen LogP contribution in [0.15, 0.2) is 46.3 Å². The van der Waals surface area contributed by atoms with Crippen LogP contribution in [0, 0.1) is 0 Å². The number of benzene rings is 1. The molecular weight excluding hydrogens is 256 g/mol. The standard InChI is InChI=1S/C15H18N2OS/c1-3-7-13-10-14(18)17-15(16-13)19-11(2)12-8-5-4-6-9-12/h4-6,8-11H,3,7H2,1-2H3,(H,16,17,18). The van der Waals surface area contributed by atoms with E-state index in [9.17, 15) is 4.79 Å². The van der Waals surface area contributed by atoms with Crippen molar-refractivity contribution >= 4 is 11.8 Å². The quantitative estimate of drug-likeness (QED) is 0.669. The number of aromatic amines is 1. The number of nitrogens with one attached hydrogen (secondary N) is 1. The predicted molar refractivity (Wildman–Crippen MR) is 79.6 cm³/mol. The lowest BCUT2D eigenvalue weighted by atomic mass is 10.2. The van der Waals surface area contributed by atoms with Crippen molar-refractivity contribution in [3.05, 3.63) is 58.0 Å². The van der Waals surface area contributed by atoms with Crippen molar-refractivity contribution < 1.29 is 0 Å². The van der Waals surface area contributed by atoms with Gasteiger partial charge in [-0.05, 0) is 18.9 Å². The Hall–Kier alpha value is -1.55. The van der Waals surface area contributed by atoms with E-state index in [1.54, 1.807) is 17.8 Å². The van der Waals surface area contributed by atoms with Gasteiger partial charge in [0.25, 0.3) is 5.56 Å². The Morgan fingerprint density at radius 1 is 1.32 bits per heavy atom. The van der Waals surface area contributed by atoms with Crippen molar-refractivity contribution in [2.45, 2.75) is 37.1 Å². The van der Waals surface area contributed by atoms with E-state index in [1.807, 2.05) is 18.2 Å². The molecule has 1 aromatic carbocycles. The Bertz CT molecular complexity index is 580. The number of hydrogen-bond donors (Lipinski definition) is 1. The highest BCUT2D eigenvalue weighted by molar-refractivity contribution is 7.99. The lowest BCUT2D eigenvalue weighted by Crippen LogP contribution is -2.10. The SMILES string of the molecule is CCCc1cc(=O)[nH]c(SC(C)c2ccccc2)n1. The third-order valence-corrected chi connectivity index (χ3v) is 3.88. The van der Waals surface area contributed by atoms with Crippen molar-refractivity contribution in [2.24, 2.45) is 0 Å². The summed E-state index contributed by atoms with van der Waals surface area (Å²) in [7, 11) is 0. The molecule has 2 aromatic rings. The van der Waals surface area contributed by atoms with E-state index in [0.29, 0.717) is 5.16 Å². The van der Waals surface area contributed by atoms with E-state index in [4.69, 9.17) is 0 Å². The van der Waals surface area contributed by atoms with Gasteiger partial charge < -0.3 is 4.98 Å². The molecule has 0 saturated heterocycles. The van der Waals surface area contributed by atoms with Gasteiger partial charge in [-0.2, -0.15) is 0 Å². The summed E-state index contributed by atoms with van der Waals surface area (Å²) in [5.74, 6) is 0. The van der Waals surface area contributed by atoms with Crippen LogP contribution in [0.4, 0.5) is 0 Å². The molecule has 100 valence electrons. The van der Waals surface area contributed by atoms with Crippen LogP contribution in [0.1, 0.15) is 36.8 Å². The van der Waals surface area contributed by atoms with Gasteiger partial charge in [-0.1, -0.05) is 55.4 Å². The molecule has 0 spiro atoms. The largest absolute Gasteiger partial charge is 0.301 e. The molecule has 0 bridgehead atoms. The zero-order chi connectivity index (χ0) is 13.7. The summed E-state index contributed by atoms with van der Waals surface area (Å²) >= 11 is 1.58. The Kier molecular flexibility index (Phi) is 4.80. The number of thioether (sulfide) groups is 1. The van der Waals surface area contributed by atoms with Crippen molar-refractivity contribution in [3.8, 4) is 0 Å². The average molecular weight is 274 g/mol. The molecule has 0 radical (unpaired) electrons. The van der Waals surface area contributed by atoms with Crippen LogP contribution < -0.4 is 5.56 Å². The van der Waals surface area contributed by atoms with Crippen molar-refractivity contribution in [2.75, 3.05) is 0 Å². The first-order chi connectivity index (χ1) is 9.19. The highest BCUT2D eigenvalue weighted by Gasteiger charge is 2.09. The van der Waals surface area contributed by atoms with Crippen LogP contribution in [0.5, 0.6) is 0 Å². The lowest BCUT2D eigenvalue weighted by molar-refractivity contribution is 0.813. The highest BCUT2D eigenvalue weighted by atomic mass is 32.2. The van der Waals surface area contributed by atoms with Crippen molar-refractivity contribution in [1.29, 1.82) is 0 Å². The summed E-state index contributed by atoms with van der Waals surface area (Å²) in [6.45, 7) is 4.20. The van der Waals surface area contributed by atoms with Gasteiger partial charge in [-0.25, -0.2) is 4.98 Å². The summed E-state index contributed by atoms with van der Waals surface area (Å²) < 4.78 is 0. The Balaban J connectivity index is 2.17. The molecule has 4 heteroatoms. The molecular formula is C15H18N2OS. The maximum Gasteiger partial charge on any atom is 0.251 e. The molecule has 0 aliphatic heterocycles. The second kappa shape index (κ2) is 6.57. The van der Waals surface area contributed by atoms with Gasteiger partial charge in [0.1, 0.15) is 0 Å². The molecule has 0 amide bonds. The normalized spacial score (nSPS) is 12.3. The summed E-state index contributed by atoms with van der Waals surface area (Å²) in [6.07, 6.45) is 1.84. The number of aromatic nitrogens is 2. The number of rotatable bonds is 5. The van der Waals surface area contributed by atoms with Crippen molar-refractivity contribution in [1.82, 2.24) is 9.97 Å². The molecule has 0 aliphatic carbocycles. The van der Waals surface area contributed by atoms with Gasteiger partial charge in [0, 0.05) is 17.0 Å². The molecule has 1 aromatic heterocycles. The second-order valence-electron chi connectivity index (χ2n) is 4.46. The number of hydrogen-bond acceptors (Lipinski definition) is 3. The van der Waals surface area contributed by atoms with Crippen LogP contribution in [0.25, 0.3) is 0 Å². The maximum absolute atomic E-state index is 11.6. The van der Waals surface area contributed by atoms with Gasteiger partial charge in [0.05, 0.1) is 0 Å². The van der Waals surface area contributed by atoms with Gasteiger partial charge in [0.15, 0.2) is 5.16 Å². The molecule has 3 nitrogen and oxygen atoms in total. The molecule has 2 rings (SSSR count). The predicted octanol–water partition coefficient (Wildman–Crippen LogP) is 3.58. The molecule has 0 saturated carbocycles. The van der Waals surface area contributed by atoms with Crippen LogP contribution in [0.2, 0.25) is 0 Å². The van der Waals surface area contributed by atoms with Crippen LogP contribution in [-0.2, 0) is 6.42 Å². The first kappa shape index (κ1) is 13.9. The molecule has 0 fully saturated rings. The minimum atomic E-state index is -0.0683. The van der Waals surface area contributed by atoms with Crippen molar-refractivity contribution in [3.63, 3.8) is 0 Å². The third kappa shape index (κ3) is 3.96. The fraction of sp³-hybridized carbons (Fsp3) is 0.333. The summed E-state index contributed by atoms with van der Waals surface area (Å²) in [5, 5.41) is 0.966. The smallest absolute Gasteiger partial charge is 0.251 e. The zero-order valence-corrected chi connectivity index (χ0v) is 12.0. The minimum absolute atomic E-state index is 0.0683. The van der Waals surface area contributed by atoms with E-state index >= 15 is 0 Å². The summed E-state index contributed by atoms with van der Waals surface area (Å²) in [6, 6.07) is 11.8. The topological polar surface area (TPSA) is 45.8 Å². The molecule has 1 atom stereocenters. The van der Waals surface area contributed by atoms with Crippen LogP contribution in [-0.4, -0.2) is 9.97 Å². The Labute approximate surface area is 117 Å². The minimum Gasteiger partial charge on any atom is -0.301 e. The van der Waals surface area contributed by atoms with Gasteiger partial charge in [-0.15, -0.1) is 0 Å². The third-order valence-electron chi connectivity index (χ3n) is 2.84. The van der Waals surface area contributed by atoms with E-state index in [1.165, 1.54) is 5.56 Å². The lowest BCUT2D eigenvalue weighted by Gasteiger charge is -2.11. The van der Waals surface area contributed by atoms with Crippen LogP contribution >= 0.6 is 11.8 Å². The van der Waals surface area contributed by atoms with Gasteiger partial charge in [0.2, 0.25) is 0 Å². The Morgan fingerprint density at radius 3 is 2.74 bits per heavy atom. The number of H-pyrrole nitrogens is 1. The summed E-state index contributed by atoms with van der Waals surface area (Å²) in [5.41, 5.74) is 2.03. The molecule has 19 heavy (non-hydrogen) atoms. The molecule has 1 N–H and O–H groups in total.